The molecule has 1 aromatic heterocycles. The number of nitrogens with zero attached hydrogens (tertiary/aromatic N) is 1. The van der Waals surface area contributed by atoms with Crippen molar-refractivity contribution in [2.45, 2.75) is 25.3 Å². The van der Waals surface area contributed by atoms with Crippen LogP contribution in [0, 0.1) is 19.7 Å². The van der Waals surface area contributed by atoms with Gasteiger partial charge in [-0.25, -0.2) is 17.5 Å². The summed E-state index contributed by atoms with van der Waals surface area (Å²) in [6.45, 7) is 3.05. The molecule has 0 aliphatic heterocycles. The Bertz CT molecular complexity index is 740. The summed E-state index contributed by atoms with van der Waals surface area (Å²) in [5, 5.41) is 3.63. The summed E-state index contributed by atoms with van der Waals surface area (Å²) >= 11 is 0. The van der Waals surface area contributed by atoms with Gasteiger partial charge in [0.2, 0.25) is 10.0 Å². The lowest BCUT2D eigenvalue weighted by Crippen LogP contribution is -2.24. The maximum atomic E-state index is 13.9. The van der Waals surface area contributed by atoms with E-state index in [1.807, 2.05) is 0 Å². The van der Waals surface area contributed by atoms with E-state index in [-0.39, 0.29) is 17.8 Å². The van der Waals surface area contributed by atoms with E-state index in [2.05, 4.69) is 9.88 Å². The third-order valence-electron chi connectivity index (χ3n) is 2.65. The Kier molecular flexibility index (Phi) is 3.78. The van der Waals surface area contributed by atoms with Gasteiger partial charge in [0.25, 0.3) is 0 Å². The summed E-state index contributed by atoms with van der Waals surface area (Å²) in [5.41, 5.74) is 6.53. The molecule has 6 nitrogen and oxygen atoms in total. The van der Waals surface area contributed by atoms with Crippen LogP contribution in [0.25, 0.3) is 0 Å². The van der Waals surface area contributed by atoms with Gasteiger partial charge in [0.15, 0.2) is 5.76 Å². The number of hydrogen-bond donors (Lipinski definition) is 2. The number of nitrogens with one attached hydrogen (secondary N) is 1. The first-order chi connectivity index (χ1) is 9.29. The van der Waals surface area contributed by atoms with Crippen molar-refractivity contribution in [2.24, 2.45) is 0 Å². The normalized spacial score (nSPS) is 11.8. The minimum Gasteiger partial charge on any atom is -0.399 e. The van der Waals surface area contributed by atoms with E-state index < -0.39 is 20.7 Å². The molecule has 0 bridgehead atoms. The molecule has 1 aromatic carbocycles. The van der Waals surface area contributed by atoms with Crippen LogP contribution < -0.4 is 10.5 Å². The zero-order valence-electron chi connectivity index (χ0n) is 11.0. The SMILES string of the molecule is Cc1cc(CNS(=O)(=O)c2cc(N)cc(C)c2F)on1. The number of aryl methyl sites for hydroxylation is 2. The standard InChI is InChI=1S/C12H14FN3O3S/c1-7-3-9(14)5-11(12(7)13)20(17,18)15-6-10-4-8(2)16-19-10/h3-5,15H,6,14H2,1-2H3. The summed E-state index contributed by atoms with van der Waals surface area (Å²) < 4.78 is 45.2. The van der Waals surface area contributed by atoms with Gasteiger partial charge in [-0.15, -0.1) is 0 Å². The summed E-state index contributed by atoms with van der Waals surface area (Å²) in [4.78, 5) is -0.480. The number of nitrogen functional groups attached to an aromatic ring is 1. The van der Waals surface area contributed by atoms with Crippen LogP contribution >= 0.6 is 0 Å². The summed E-state index contributed by atoms with van der Waals surface area (Å²) in [5.74, 6) is -0.479. The van der Waals surface area contributed by atoms with E-state index in [0.717, 1.165) is 6.07 Å². The van der Waals surface area contributed by atoms with Crippen LogP contribution in [0.3, 0.4) is 0 Å². The zero-order chi connectivity index (χ0) is 14.9. The Morgan fingerprint density at radius 1 is 1.35 bits per heavy atom. The molecule has 20 heavy (non-hydrogen) atoms. The number of anilines is 1. The zero-order valence-corrected chi connectivity index (χ0v) is 11.8. The molecule has 3 N–H and O–H groups in total. The van der Waals surface area contributed by atoms with Crippen molar-refractivity contribution in [3.05, 3.63) is 41.0 Å². The number of sulfonamides is 1. The average Bonchev–Trinajstić information content (AvgIpc) is 2.77. The van der Waals surface area contributed by atoms with Crippen molar-refractivity contribution in [1.29, 1.82) is 0 Å². The Balaban J connectivity index is 2.27. The van der Waals surface area contributed by atoms with Gasteiger partial charge in [0, 0.05) is 11.8 Å². The van der Waals surface area contributed by atoms with E-state index in [4.69, 9.17) is 10.3 Å². The molecule has 0 atom stereocenters. The number of hydrogen-bond acceptors (Lipinski definition) is 5. The fourth-order valence-electron chi connectivity index (χ4n) is 1.70. The first-order valence-corrected chi connectivity index (χ1v) is 7.25. The van der Waals surface area contributed by atoms with Gasteiger partial charge >= 0.3 is 0 Å². The molecule has 0 unspecified atom stereocenters. The Hall–Kier alpha value is -1.93. The highest BCUT2D eigenvalue weighted by Gasteiger charge is 2.21. The second-order valence-corrected chi connectivity index (χ2v) is 6.14. The van der Waals surface area contributed by atoms with Gasteiger partial charge < -0.3 is 10.3 Å². The van der Waals surface area contributed by atoms with Gasteiger partial charge in [-0.1, -0.05) is 5.16 Å². The van der Waals surface area contributed by atoms with Crippen LogP contribution in [0.1, 0.15) is 17.0 Å². The molecule has 0 aliphatic rings. The third-order valence-corrected chi connectivity index (χ3v) is 4.05. The molecule has 0 amide bonds. The third kappa shape index (κ3) is 2.97. The Morgan fingerprint density at radius 2 is 2.05 bits per heavy atom. The predicted molar refractivity (Wildman–Crippen MR) is 70.8 cm³/mol. The highest BCUT2D eigenvalue weighted by molar-refractivity contribution is 7.89. The summed E-state index contributed by atoms with van der Waals surface area (Å²) in [6, 6.07) is 4.04. The molecule has 0 aliphatic carbocycles. The highest BCUT2D eigenvalue weighted by atomic mass is 32.2. The quantitative estimate of drug-likeness (QED) is 0.833. The van der Waals surface area contributed by atoms with E-state index in [0.29, 0.717) is 11.5 Å². The second kappa shape index (κ2) is 5.22. The molecule has 0 saturated carbocycles. The maximum Gasteiger partial charge on any atom is 0.243 e. The topological polar surface area (TPSA) is 98.2 Å². The van der Waals surface area contributed by atoms with Crippen LogP contribution in [0.15, 0.2) is 27.6 Å². The second-order valence-electron chi connectivity index (χ2n) is 4.41. The monoisotopic (exact) mass is 299 g/mol. The first kappa shape index (κ1) is 14.5. The Labute approximate surface area is 115 Å². The molecule has 2 rings (SSSR count). The minimum atomic E-state index is -4.02. The molecule has 8 heteroatoms. The molecule has 0 spiro atoms. The Morgan fingerprint density at radius 3 is 2.65 bits per heavy atom. The van der Waals surface area contributed by atoms with E-state index in [1.165, 1.54) is 13.0 Å². The number of aromatic nitrogens is 1. The van der Waals surface area contributed by atoms with Gasteiger partial charge in [0.1, 0.15) is 10.7 Å². The summed E-state index contributed by atoms with van der Waals surface area (Å²) in [7, 11) is -4.02. The lowest BCUT2D eigenvalue weighted by Gasteiger charge is -2.09. The summed E-state index contributed by atoms with van der Waals surface area (Å²) in [6.07, 6.45) is 0. The van der Waals surface area contributed by atoms with E-state index >= 15 is 0 Å². The first-order valence-electron chi connectivity index (χ1n) is 5.77. The number of rotatable bonds is 4. The minimum absolute atomic E-state index is 0.115. The predicted octanol–water partition coefficient (Wildman–Crippen LogP) is 1.49. The largest absolute Gasteiger partial charge is 0.399 e. The lowest BCUT2D eigenvalue weighted by atomic mass is 10.2. The lowest BCUT2D eigenvalue weighted by molar-refractivity contribution is 0.377. The van der Waals surface area contributed by atoms with Gasteiger partial charge in [0.05, 0.1) is 12.2 Å². The average molecular weight is 299 g/mol. The fourth-order valence-corrected chi connectivity index (χ4v) is 2.88. The van der Waals surface area contributed by atoms with Crippen molar-refractivity contribution in [3.8, 4) is 0 Å². The molecule has 1 heterocycles. The number of nitrogens with two attached hydrogens (primary N) is 1. The maximum absolute atomic E-state index is 13.9. The van der Waals surface area contributed by atoms with Crippen LogP contribution in [0.5, 0.6) is 0 Å². The molecular formula is C12H14FN3O3S. The molecule has 2 aromatic rings. The van der Waals surface area contributed by atoms with Crippen molar-refractivity contribution in [3.63, 3.8) is 0 Å². The smallest absolute Gasteiger partial charge is 0.243 e. The molecular weight excluding hydrogens is 285 g/mol. The van der Waals surface area contributed by atoms with Gasteiger partial charge in [-0.05, 0) is 31.5 Å². The van der Waals surface area contributed by atoms with Crippen LogP contribution in [-0.2, 0) is 16.6 Å². The van der Waals surface area contributed by atoms with Crippen molar-refractivity contribution < 1.29 is 17.3 Å². The number of benzene rings is 1. The molecule has 0 saturated heterocycles. The number of halogens is 1. The van der Waals surface area contributed by atoms with Gasteiger partial charge in [-0.2, -0.15) is 0 Å². The highest BCUT2D eigenvalue weighted by Crippen LogP contribution is 2.21. The van der Waals surface area contributed by atoms with Crippen molar-refractivity contribution in [2.75, 3.05) is 5.73 Å². The van der Waals surface area contributed by atoms with Crippen LogP contribution in [0.2, 0.25) is 0 Å². The molecule has 108 valence electrons. The van der Waals surface area contributed by atoms with Crippen molar-refractivity contribution >= 4 is 15.7 Å². The van der Waals surface area contributed by atoms with Crippen LogP contribution in [0.4, 0.5) is 10.1 Å². The van der Waals surface area contributed by atoms with Crippen molar-refractivity contribution in [1.82, 2.24) is 9.88 Å². The van der Waals surface area contributed by atoms with E-state index in [1.54, 1.807) is 13.0 Å². The fraction of sp³-hybridized carbons (Fsp3) is 0.250. The molecule has 0 fully saturated rings. The van der Waals surface area contributed by atoms with Gasteiger partial charge in [-0.3, -0.25) is 0 Å². The van der Waals surface area contributed by atoms with Crippen LogP contribution in [-0.4, -0.2) is 13.6 Å². The molecule has 0 radical (unpaired) electrons. The van der Waals surface area contributed by atoms with E-state index in [9.17, 15) is 12.8 Å².